The molecule has 0 radical (unpaired) electrons. The minimum Gasteiger partial charge on any atom is -0.481 e. The molecule has 0 aromatic heterocycles. The molecule has 1 aromatic carbocycles. The summed E-state index contributed by atoms with van der Waals surface area (Å²) < 4.78 is 0. The Morgan fingerprint density at radius 3 is 2.54 bits per heavy atom. The van der Waals surface area contributed by atoms with E-state index in [2.05, 4.69) is 54.0 Å². The van der Waals surface area contributed by atoms with E-state index in [0.29, 0.717) is 24.0 Å². The Morgan fingerprint density at radius 2 is 1.85 bits per heavy atom. The van der Waals surface area contributed by atoms with Crippen LogP contribution in [0.2, 0.25) is 0 Å². The summed E-state index contributed by atoms with van der Waals surface area (Å²) in [5.74, 6) is -0.00243. The van der Waals surface area contributed by atoms with Gasteiger partial charge in [0.2, 0.25) is 0 Å². The number of nitrogens with one attached hydrogen (secondary N) is 2. The van der Waals surface area contributed by atoms with Crippen LogP contribution in [0.5, 0.6) is 0 Å². The summed E-state index contributed by atoms with van der Waals surface area (Å²) in [5.41, 5.74) is 2.78. The van der Waals surface area contributed by atoms with E-state index in [1.165, 1.54) is 43.2 Å². The largest absolute Gasteiger partial charge is 0.481 e. The molecule has 1 aromatic rings. The number of carboxylic acids is 1. The average molecular weight is 357 g/mol. The Labute approximate surface area is 157 Å². The first-order valence-corrected chi connectivity index (χ1v) is 10.1. The van der Waals surface area contributed by atoms with Crippen LogP contribution in [-0.4, -0.2) is 35.7 Å². The van der Waals surface area contributed by atoms with Crippen molar-refractivity contribution in [1.29, 1.82) is 0 Å². The predicted octanol–water partition coefficient (Wildman–Crippen LogP) is 3.83. The molecular weight excluding hydrogens is 324 g/mol. The van der Waals surface area contributed by atoms with Gasteiger partial charge in [-0.05, 0) is 63.5 Å². The molecule has 0 aliphatic heterocycles. The van der Waals surface area contributed by atoms with E-state index in [-0.39, 0.29) is 6.42 Å². The summed E-state index contributed by atoms with van der Waals surface area (Å²) in [4.78, 5) is 10.5. The monoisotopic (exact) mass is 356 g/mol. The van der Waals surface area contributed by atoms with Gasteiger partial charge in [0.1, 0.15) is 0 Å². The van der Waals surface area contributed by atoms with Gasteiger partial charge in [0, 0.05) is 24.5 Å². The van der Waals surface area contributed by atoms with E-state index in [4.69, 9.17) is 5.11 Å². The van der Waals surface area contributed by atoms with Crippen LogP contribution in [0, 0.1) is 5.92 Å². The van der Waals surface area contributed by atoms with E-state index in [1.54, 1.807) is 0 Å². The smallest absolute Gasteiger partial charge is 0.303 e. The molecule has 4 nitrogen and oxygen atoms in total. The van der Waals surface area contributed by atoms with Crippen molar-refractivity contribution in [3.63, 3.8) is 0 Å². The van der Waals surface area contributed by atoms with E-state index in [9.17, 15) is 4.79 Å². The number of rotatable bonds is 9. The molecule has 26 heavy (non-hydrogen) atoms. The second-order valence-electron chi connectivity index (χ2n) is 7.91. The van der Waals surface area contributed by atoms with E-state index < -0.39 is 5.97 Å². The first-order chi connectivity index (χ1) is 12.6. The Bertz CT molecular complexity index is 606. The quantitative estimate of drug-likeness (QED) is 0.589. The second-order valence-corrected chi connectivity index (χ2v) is 7.91. The Kier molecular flexibility index (Phi) is 6.86. The van der Waals surface area contributed by atoms with Gasteiger partial charge in [-0.25, -0.2) is 0 Å². The van der Waals surface area contributed by atoms with Crippen molar-refractivity contribution in [1.82, 2.24) is 10.6 Å². The molecule has 2 saturated carbocycles. The lowest BCUT2D eigenvalue weighted by atomic mass is 9.91. The molecule has 0 saturated heterocycles. The third-order valence-corrected chi connectivity index (χ3v) is 5.75. The van der Waals surface area contributed by atoms with Crippen LogP contribution < -0.4 is 10.6 Å². The predicted molar refractivity (Wildman–Crippen MR) is 106 cm³/mol. The standard InChI is InChI=1S/C22H32N2O2/c1-16(14-17-6-3-2-4-7-17)20-15-21(20)24-19-11-9-18(10-12-19)23-13-5-8-22(25)26/h2-4,6-7,14,18-21,23-24H,5,8-13,15H2,1H3,(H,25,26)/t18?,19?,20-,21+/m0/s1. The normalized spacial score (nSPS) is 28.7. The molecule has 2 atom stereocenters. The zero-order valence-corrected chi connectivity index (χ0v) is 15.8. The van der Waals surface area contributed by atoms with Crippen molar-refractivity contribution in [2.45, 2.75) is 70.0 Å². The van der Waals surface area contributed by atoms with E-state index in [1.807, 2.05) is 0 Å². The zero-order chi connectivity index (χ0) is 18.4. The maximum Gasteiger partial charge on any atom is 0.303 e. The topological polar surface area (TPSA) is 61.4 Å². The maximum atomic E-state index is 10.5. The van der Waals surface area contributed by atoms with Gasteiger partial charge >= 0.3 is 5.97 Å². The molecule has 3 rings (SSSR count). The molecule has 0 heterocycles. The van der Waals surface area contributed by atoms with Crippen LogP contribution in [0.25, 0.3) is 6.08 Å². The summed E-state index contributed by atoms with van der Waals surface area (Å²) in [7, 11) is 0. The fourth-order valence-corrected chi connectivity index (χ4v) is 4.11. The highest BCUT2D eigenvalue weighted by atomic mass is 16.4. The molecule has 4 heteroatoms. The first kappa shape index (κ1) is 19.1. The fourth-order valence-electron chi connectivity index (χ4n) is 4.11. The minimum atomic E-state index is -0.699. The molecule has 2 aliphatic carbocycles. The Hall–Kier alpha value is -1.65. The van der Waals surface area contributed by atoms with Gasteiger partial charge in [-0.3, -0.25) is 4.79 Å². The average Bonchev–Trinajstić information content (AvgIpc) is 3.40. The van der Waals surface area contributed by atoms with Crippen molar-refractivity contribution in [3.8, 4) is 0 Å². The number of hydrogen-bond acceptors (Lipinski definition) is 3. The SMILES string of the molecule is CC(=Cc1ccccc1)[C@@H]1C[C@H]1NC1CCC(NCCCC(=O)O)CC1. The van der Waals surface area contributed by atoms with Gasteiger partial charge in [-0.2, -0.15) is 0 Å². The van der Waals surface area contributed by atoms with Gasteiger partial charge in [0.05, 0.1) is 0 Å². The molecule has 0 amide bonds. The van der Waals surface area contributed by atoms with E-state index in [0.717, 1.165) is 13.0 Å². The highest BCUT2D eigenvalue weighted by Crippen LogP contribution is 2.39. The van der Waals surface area contributed by atoms with Crippen molar-refractivity contribution < 1.29 is 9.90 Å². The Balaban J connectivity index is 1.33. The van der Waals surface area contributed by atoms with Gasteiger partial charge in [-0.15, -0.1) is 0 Å². The Morgan fingerprint density at radius 1 is 1.15 bits per heavy atom. The number of benzene rings is 1. The fraction of sp³-hybridized carbons (Fsp3) is 0.591. The molecule has 0 spiro atoms. The van der Waals surface area contributed by atoms with Gasteiger partial charge in [-0.1, -0.05) is 42.0 Å². The molecule has 3 N–H and O–H groups in total. The second kappa shape index (κ2) is 9.33. The number of aliphatic carboxylic acids is 1. The highest BCUT2D eigenvalue weighted by molar-refractivity contribution is 5.66. The van der Waals surface area contributed by atoms with Gasteiger partial charge in [0.25, 0.3) is 0 Å². The summed E-state index contributed by atoms with van der Waals surface area (Å²) in [6.07, 6.45) is 9.42. The minimum absolute atomic E-state index is 0.267. The van der Waals surface area contributed by atoms with Crippen LogP contribution in [0.15, 0.2) is 35.9 Å². The zero-order valence-electron chi connectivity index (χ0n) is 15.8. The number of carbonyl (C=O) groups is 1. The van der Waals surface area contributed by atoms with Crippen LogP contribution in [0.4, 0.5) is 0 Å². The van der Waals surface area contributed by atoms with Crippen LogP contribution in [0.3, 0.4) is 0 Å². The van der Waals surface area contributed by atoms with E-state index >= 15 is 0 Å². The van der Waals surface area contributed by atoms with Gasteiger partial charge in [0.15, 0.2) is 0 Å². The lowest BCUT2D eigenvalue weighted by molar-refractivity contribution is -0.137. The van der Waals surface area contributed by atoms with Crippen LogP contribution in [0.1, 0.15) is 57.4 Å². The third kappa shape index (κ3) is 5.96. The first-order valence-electron chi connectivity index (χ1n) is 10.1. The lowest BCUT2D eigenvalue weighted by Crippen LogP contribution is -2.41. The van der Waals surface area contributed by atoms with Crippen molar-refractivity contribution in [2.75, 3.05) is 6.54 Å². The van der Waals surface area contributed by atoms with Crippen molar-refractivity contribution >= 4 is 12.0 Å². The van der Waals surface area contributed by atoms with Crippen LogP contribution in [-0.2, 0) is 4.79 Å². The molecule has 2 aliphatic rings. The number of hydrogen-bond donors (Lipinski definition) is 3. The highest BCUT2D eigenvalue weighted by Gasteiger charge is 2.39. The maximum absolute atomic E-state index is 10.5. The summed E-state index contributed by atoms with van der Waals surface area (Å²) in [6, 6.07) is 12.4. The van der Waals surface area contributed by atoms with Crippen molar-refractivity contribution in [3.05, 3.63) is 41.5 Å². The summed E-state index contributed by atoms with van der Waals surface area (Å²) in [6.45, 7) is 3.08. The summed E-state index contributed by atoms with van der Waals surface area (Å²) >= 11 is 0. The third-order valence-electron chi connectivity index (χ3n) is 5.75. The lowest BCUT2D eigenvalue weighted by Gasteiger charge is -2.30. The molecular formula is C22H32N2O2. The number of carboxylic acid groups (broad SMARTS) is 1. The summed E-state index contributed by atoms with van der Waals surface area (Å²) in [5, 5.41) is 16.1. The molecule has 0 bridgehead atoms. The molecule has 142 valence electrons. The molecule has 0 unspecified atom stereocenters. The molecule has 2 fully saturated rings. The van der Waals surface area contributed by atoms with Crippen LogP contribution >= 0.6 is 0 Å². The van der Waals surface area contributed by atoms with Crippen molar-refractivity contribution in [2.24, 2.45) is 5.92 Å². The van der Waals surface area contributed by atoms with Gasteiger partial charge < -0.3 is 15.7 Å².